The molecule has 6 heteroatoms. The fourth-order valence-electron chi connectivity index (χ4n) is 0.741. The molecular weight excluding hydrogens is 513 g/mol. The van der Waals surface area contributed by atoms with Gasteiger partial charge in [-0.2, -0.15) is 0 Å². The van der Waals surface area contributed by atoms with Gasteiger partial charge in [-0.15, -0.1) is 0 Å². The monoisotopic (exact) mass is 516 g/mol. The van der Waals surface area contributed by atoms with Gasteiger partial charge in [0.05, 0.1) is 12.7 Å². The highest BCUT2D eigenvalue weighted by Crippen LogP contribution is 2.32. The Hall–Kier alpha value is 0.680. The van der Waals surface area contributed by atoms with Crippen molar-refractivity contribution in [1.82, 2.24) is 0 Å². The van der Waals surface area contributed by atoms with E-state index >= 15 is 0 Å². The zero-order valence-corrected chi connectivity index (χ0v) is 12.5. The third-order valence-corrected chi connectivity index (χ3v) is 5.39. The lowest BCUT2D eigenvalue weighted by atomic mass is 10.2. The summed E-state index contributed by atoms with van der Waals surface area (Å²) >= 11 is 5.74. The lowest BCUT2D eigenvalue weighted by Gasteiger charge is -2.05. The van der Waals surface area contributed by atoms with Gasteiger partial charge < -0.3 is 10.2 Å². The molecule has 70 valence electrons. The zero-order chi connectivity index (χ0) is 10.2. The van der Waals surface area contributed by atoms with E-state index in [0.29, 0.717) is 10.7 Å². The third-order valence-electron chi connectivity index (χ3n) is 1.36. The maximum Gasteiger partial charge on any atom is 0.336 e. The van der Waals surface area contributed by atoms with Crippen molar-refractivity contribution in [3.63, 3.8) is 0 Å². The standard InChI is InChI=1S/C7H3I3O3/c8-3-1-2(7(12)13)4(9)5(10)6(3)11/h1,11H,(H,12,13). The van der Waals surface area contributed by atoms with E-state index < -0.39 is 5.97 Å². The first-order valence-corrected chi connectivity index (χ1v) is 6.28. The quantitative estimate of drug-likeness (QED) is 0.447. The molecule has 0 amide bonds. The van der Waals surface area contributed by atoms with E-state index in [1.807, 2.05) is 67.8 Å². The molecular formula is C7H3I3O3. The van der Waals surface area contributed by atoms with Gasteiger partial charge >= 0.3 is 5.97 Å². The fraction of sp³-hybridized carbons (Fsp3) is 0. The van der Waals surface area contributed by atoms with Crippen LogP contribution in [0.3, 0.4) is 0 Å². The van der Waals surface area contributed by atoms with Gasteiger partial charge in [-0.25, -0.2) is 4.79 Å². The van der Waals surface area contributed by atoms with E-state index in [0.717, 1.165) is 0 Å². The third kappa shape index (κ3) is 2.37. The second-order valence-electron chi connectivity index (χ2n) is 2.19. The molecule has 0 aliphatic rings. The van der Waals surface area contributed by atoms with Gasteiger partial charge in [0.15, 0.2) is 0 Å². The maximum atomic E-state index is 10.7. The van der Waals surface area contributed by atoms with Crippen LogP contribution in [0.4, 0.5) is 0 Å². The predicted octanol–water partition coefficient (Wildman–Crippen LogP) is 2.90. The Labute approximate surface area is 115 Å². The molecule has 0 aliphatic heterocycles. The van der Waals surface area contributed by atoms with E-state index in [-0.39, 0.29) is 11.3 Å². The minimum Gasteiger partial charge on any atom is -0.506 e. The average Bonchev–Trinajstić information content (AvgIpc) is 2.07. The molecule has 1 aromatic carbocycles. The van der Waals surface area contributed by atoms with Crippen molar-refractivity contribution in [3.8, 4) is 5.75 Å². The first kappa shape index (κ1) is 11.8. The van der Waals surface area contributed by atoms with Gasteiger partial charge in [-0.3, -0.25) is 0 Å². The number of hydrogen-bond donors (Lipinski definition) is 2. The number of carboxylic acids is 1. The summed E-state index contributed by atoms with van der Waals surface area (Å²) in [7, 11) is 0. The number of phenolic OH excluding ortho intramolecular Hbond substituents is 1. The van der Waals surface area contributed by atoms with Gasteiger partial charge in [-0.05, 0) is 73.8 Å². The second kappa shape index (κ2) is 4.47. The van der Waals surface area contributed by atoms with Gasteiger partial charge in [0.2, 0.25) is 0 Å². The number of benzene rings is 1. The molecule has 13 heavy (non-hydrogen) atoms. The molecule has 0 saturated heterocycles. The van der Waals surface area contributed by atoms with E-state index in [4.69, 9.17) is 5.11 Å². The smallest absolute Gasteiger partial charge is 0.336 e. The van der Waals surface area contributed by atoms with Crippen molar-refractivity contribution in [2.75, 3.05) is 0 Å². The van der Waals surface area contributed by atoms with E-state index in [2.05, 4.69) is 0 Å². The lowest BCUT2D eigenvalue weighted by molar-refractivity contribution is 0.0695. The fourth-order valence-corrected chi connectivity index (χ4v) is 3.06. The molecule has 0 heterocycles. The molecule has 0 aromatic heterocycles. The average molecular weight is 516 g/mol. The highest BCUT2D eigenvalue weighted by atomic mass is 127. The van der Waals surface area contributed by atoms with Crippen molar-refractivity contribution >= 4 is 73.7 Å². The molecule has 1 rings (SSSR count). The summed E-state index contributed by atoms with van der Waals surface area (Å²) in [6, 6.07) is 1.46. The summed E-state index contributed by atoms with van der Waals surface area (Å²) in [5.41, 5.74) is 0.229. The summed E-state index contributed by atoms with van der Waals surface area (Å²) in [4.78, 5) is 10.7. The van der Waals surface area contributed by atoms with Crippen LogP contribution in [0.15, 0.2) is 6.07 Å². The summed E-state index contributed by atoms with van der Waals surface area (Å²) in [6.07, 6.45) is 0. The molecule has 0 atom stereocenters. The maximum absolute atomic E-state index is 10.7. The Morgan fingerprint density at radius 3 is 2.23 bits per heavy atom. The highest BCUT2D eigenvalue weighted by Gasteiger charge is 2.16. The molecule has 0 spiro atoms. The van der Waals surface area contributed by atoms with Crippen LogP contribution in [-0.4, -0.2) is 16.2 Å². The lowest BCUT2D eigenvalue weighted by Crippen LogP contribution is -2.02. The van der Waals surface area contributed by atoms with Gasteiger partial charge in [0.1, 0.15) is 5.75 Å². The first-order chi connectivity index (χ1) is 5.95. The largest absolute Gasteiger partial charge is 0.506 e. The molecule has 0 aliphatic carbocycles. The van der Waals surface area contributed by atoms with Crippen LogP contribution < -0.4 is 0 Å². The van der Waals surface area contributed by atoms with Crippen molar-refractivity contribution < 1.29 is 15.0 Å². The first-order valence-electron chi connectivity index (χ1n) is 3.05. The minimum absolute atomic E-state index is 0.149. The van der Waals surface area contributed by atoms with Crippen molar-refractivity contribution in [3.05, 3.63) is 22.3 Å². The number of halogens is 3. The van der Waals surface area contributed by atoms with E-state index in [1.165, 1.54) is 6.07 Å². The van der Waals surface area contributed by atoms with Crippen LogP contribution in [-0.2, 0) is 0 Å². The number of aromatic hydroxyl groups is 1. The number of carbonyl (C=O) groups is 1. The van der Waals surface area contributed by atoms with Crippen molar-refractivity contribution in [2.24, 2.45) is 0 Å². The predicted molar refractivity (Wildman–Crippen MR) is 73.2 cm³/mol. The van der Waals surface area contributed by atoms with Crippen LogP contribution in [0.2, 0.25) is 0 Å². The van der Waals surface area contributed by atoms with E-state index in [1.54, 1.807) is 0 Å². The summed E-state index contributed by atoms with van der Waals surface area (Å²) in [5.74, 6) is -0.823. The normalized spacial score (nSPS) is 10.1. The molecule has 0 unspecified atom stereocenters. The number of carboxylic acid groups (broad SMARTS) is 1. The molecule has 0 saturated carbocycles. The van der Waals surface area contributed by atoms with Crippen molar-refractivity contribution in [1.29, 1.82) is 0 Å². The summed E-state index contributed by atoms with van der Waals surface area (Å²) in [5, 5.41) is 18.3. The van der Waals surface area contributed by atoms with Crippen LogP contribution in [0.25, 0.3) is 0 Å². The Morgan fingerprint density at radius 2 is 1.77 bits per heavy atom. The number of hydrogen-bond acceptors (Lipinski definition) is 2. The number of aromatic carboxylic acids is 1. The SMILES string of the molecule is O=C(O)c1cc(I)c(O)c(I)c1I. The Bertz CT molecular complexity index is 376. The molecule has 2 N–H and O–H groups in total. The molecule has 3 nitrogen and oxygen atoms in total. The molecule has 0 radical (unpaired) electrons. The topological polar surface area (TPSA) is 57.5 Å². The summed E-state index contributed by atoms with van der Waals surface area (Å²) in [6.45, 7) is 0. The highest BCUT2D eigenvalue weighted by molar-refractivity contribution is 14.1. The zero-order valence-electron chi connectivity index (χ0n) is 6.01. The molecule has 0 fully saturated rings. The van der Waals surface area contributed by atoms with Gasteiger partial charge in [-0.1, -0.05) is 0 Å². The van der Waals surface area contributed by atoms with E-state index in [9.17, 15) is 9.90 Å². The molecule has 0 bridgehead atoms. The van der Waals surface area contributed by atoms with Crippen LogP contribution >= 0.6 is 67.8 Å². The Kier molecular flexibility index (Phi) is 4.04. The minimum atomic E-state index is -0.972. The van der Waals surface area contributed by atoms with Gasteiger partial charge in [0, 0.05) is 3.57 Å². The summed E-state index contributed by atoms with van der Waals surface area (Å²) < 4.78 is 1.71. The molecule has 1 aromatic rings. The van der Waals surface area contributed by atoms with Crippen LogP contribution in [0, 0.1) is 10.7 Å². The number of phenols is 1. The second-order valence-corrected chi connectivity index (χ2v) is 5.51. The van der Waals surface area contributed by atoms with Gasteiger partial charge in [0.25, 0.3) is 0 Å². The Morgan fingerprint density at radius 1 is 1.23 bits per heavy atom. The van der Waals surface area contributed by atoms with Crippen molar-refractivity contribution in [2.45, 2.75) is 0 Å². The van der Waals surface area contributed by atoms with Crippen LogP contribution in [0.5, 0.6) is 5.75 Å². The Balaban J connectivity index is 3.50. The van der Waals surface area contributed by atoms with Crippen LogP contribution in [0.1, 0.15) is 10.4 Å². The number of rotatable bonds is 1.